The fraction of sp³-hybridized carbons (Fsp3) is 0.361. The van der Waals surface area contributed by atoms with Crippen LogP contribution in [0, 0.1) is 0 Å². The zero-order chi connectivity index (χ0) is 34.2. The van der Waals surface area contributed by atoms with Crippen LogP contribution in [-0.4, -0.2) is 62.3 Å². The largest absolute Gasteiger partial charge is 0.464 e. The lowest BCUT2D eigenvalue weighted by Gasteiger charge is -2.23. The first-order chi connectivity index (χ1) is 22.5. The molecule has 12 nitrogen and oxygen atoms in total. The van der Waals surface area contributed by atoms with Crippen molar-refractivity contribution in [3.05, 3.63) is 97.5 Å². The third-order valence-electron chi connectivity index (χ3n) is 6.46. The van der Waals surface area contributed by atoms with Crippen LogP contribution in [0.5, 0.6) is 0 Å². The zero-order valence-corrected chi connectivity index (χ0v) is 27.1. The summed E-state index contributed by atoms with van der Waals surface area (Å²) >= 11 is 0. The quantitative estimate of drug-likeness (QED) is 0.0906. The number of para-hydroxylation sites is 2. The summed E-state index contributed by atoms with van der Waals surface area (Å²) in [4.78, 5) is 35.1. The molecule has 0 aliphatic carbocycles. The number of hydrogen-bond donors (Lipinski definition) is 4. The maximum atomic E-state index is 12.2. The highest BCUT2D eigenvalue weighted by Crippen LogP contribution is 2.23. The molecule has 3 amide bonds. The van der Waals surface area contributed by atoms with Gasteiger partial charge in [-0.1, -0.05) is 69.1 Å². The summed E-state index contributed by atoms with van der Waals surface area (Å²) in [6.45, 7) is 13.1. The van der Waals surface area contributed by atoms with Crippen molar-refractivity contribution in [1.82, 2.24) is 16.0 Å². The Morgan fingerprint density at radius 3 is 1.77 bits per heavy atom. The molecule has 0 fully saturated rings. The van der Waals surface area contributed by atoms with E-state index in [-0.39, 0.29) is 33.2 Å². The average molecular weight is 665 g/mol. The van der Waals surface area contributed by atoms with E-state index in [1.165, 1.54) is 12.2 Å². The third-order valence-corrected chi connectivity index (χ3v) is 6.46. The van der Waals surface area contributed by atoms with E-state index in [0.29, 0.717) is 19.4 Å². The lowest BCUT2D eigenvalue weighted by atomic mass is 10.1. The van der Waals surface area contributed by atoms with E-state index in [4.69, 9.17) is 28.8 Å². The number of carbonyl (C=O) groups excluding carboxylic acids is 3. The Bertz CT molecular complexity index is 1620. The molecular formula is C36H48N4O8. The van der Waals surface area contributed by atoms with Gasteiger partial charge in [-0.05, 0) is 51.3 Å². The van der Waals surface area contributed by atoms with E-state index in [1.54, 1.807) is 33.3 Å². The third kappa shape index (κ3) is 13.2. The van der Waals surface area contributed by atoms with Gasteiger partial charge in [0.25, 0.3) is 0 Å². The molecule has 48 heavy (non-hydrogen) atoms. The molecule has 12 heteroatoms. The molecule has 2 heterocycles. The second-order valence-corrected chi connectivity index (χ2v) is 11.6. The van der Waals surface area contributed by atoms with E-state index < -0.39 is 29.9 Å². The Kier molecular flexibility index (Phi) is 15.8. The fourth-order valence-corrected chi connectivity index (χ4v) is 4.44. The van der Waals surface area contributed by atoms with Crippen molar-refractivity contribution in [3.63, 3.8) is 0 Å². The number of amides is 3. The van der Waals surface area contributed by atoms with Gasteiger partial charge in [0.1, 0.15) is 30.0 Å². The molecule has 0 spiro atoms. The topological polar surface area (TPSA) is 167 Å². The lowest BCUT2D eigenvalue weighted by Crippen LogP contribution is -2.46. The van der Waals surface area contributed by atoms with Crippen LogP contribution >= 0.6 is 0 Å². The summed E-state index contributed by atoms with van der Waals surface area (Å²) in [7, 11) is 0. The predicted molar refractivity (Wildman–Crippen MR) is 187 cm³/mol. The monoisotopic (exact) mass is 664 g/mol. The first kappa shape index (κ1) is 39.0. The molecule has 5 N–H and O–H groups in total. The minimum atomic E-state index is -0.618. The number of benzene rings is 2. The number of alkyl carbamates (subject to hydrolysis) is 3. The molecule has 2 aromatic carbocycles. The number of rotatable bonds is 13. The van der Waals surface area contributed by atoms with Crippen LogP contribution in [0.2, 0.25) is 0 Å². The van der Waals surface area contributed by atoms with Crippen LogP contribution in [0.4, 0.5) is 14.4 Å². The van der Waals surface area contributed by atoms with Gasteiger partial charge < -0.3 is 44.7 Å². The SMILES string of the molecule is C.C=CCOC(=O)NC[C@@H](N)Cc1coc2ccccc12.C=CCOC(=O)NC[C@H](Cc1coc2ccccc12)NC(=O)OC(C)(C)C. The van der Waals surface area contributed by atoms with Gasteiger partial charge in [-0.15, -0.1) is 0 Å². The Morgan fingerprint density at radius 1 is 0.792 bits per heavy atom. The molecule has 0 radical (unpaired) electrons. The predicted octanol–water partition coefficient (Wildman–Crippen LogP) is 6.63. The number of hydrogen-bond acceptors (Lipinski definition) is 9. The number of nitrogens with two attached hydrogens (primary N) is 1. The standard InChI is InChI=1S/C20H26N2O5.C15H18N2O3.CH4/c1-5-10-25-18(23)21-12-15(22-19(24)27-20(2,3)4)11-14-13-26-17-9-7-6-8-16(14)17;1-2-7-19-15(18)17-9-12(16)8-11-10-20-14-6-4-3-5-13(11)14;/h5-9,13,15H,1,10-12H2,2-4H3,(H,21,23)(H,22,24);2-6,10,12H,1,7-9,16H2,(H,17,18);1H4/t15-;12-;/m00./s1. The number of furan rings is 2. The van der Waals surface area contributed by atoms with E-state index in [0.717, 1.165) is 33.1 Å². The minimum Gasteiger partial charge on any atom is -0.464 e. The Labute approximate surface area is 281 Å². The Morgan fingerprint density at radius 2 is 1.27 bits per heavy atom. The maximum absolute atomic E-state index is 12.2. The molecule has 260 valence electrons. The molecular weight excluding hydrogens is 616 g/mol. The second-order valence-electron chi connectivity index (χ2n) is 11.6. The summed E-state index contributed by atoms with van der Waals surface area (Å²) in [5.41, 5.74) is 8.95. The average Bonchev–Trinajstić information content (AvgIpc) is 3.64. The van der Waals surface area contributed by atoms with Crippen LogP contribution in [0.3, 0.4) is 0 Å². The van der Waals surface area contributed by atoms with Gasteiger partial charge in [-0.3, -0.25) is 0 Å². The molecule has 4 aromatic rings. The molecule has 0 saturated carbocycles. The molecule has 0 unspecified atom stereocenters. The van der Waals surface area contributed by atoms with Gasteiger partial charge in [-0.2, -0.15) is 0 Å². The van der Waals surface area contributed by atoms with Crippen molar-refractivity contribution in [2.45, 2.75) is 58.7 Å². The summed E-state index contributed by atoms with van der Waals surface area (Å²) in [5.74, 6) is 0. The van der Waals surface area contributed by atoms with Crippen LogP contribution in [0.15, 0.2) is 95.2 Å². The minimum absolute atomic E-state index is 0. The van der Waals surface area contributed by atoms with E-state index >= 15 is 0 Å². The van der Waals surface area contributed by atoms with Crippen LogP contribution in [0.1, 0.15) is 39.3 Å². The van der Waals surface area contributed by atoms with Gasteiger partial charge >= 0.3 is 18.3 Å². The van der Waals surface area contributed by atoms with Gasteiger partial charge in [0, 0.05) is 35.5 Å². The summed E-state index contributed by atoms with van der Waals surface area (Å²) in [6, 6.07) is 14.8. The second kappa shape index (κ2) is 19.4. The highest BCUT2D eigenvalue weighted by Gasteiger charge is 2.22. The summed E-state index contributed by atoms with van der Waals surface area (Å²) < 4.78 is 26.0. The number of ether oxygens (including phenoxy) is 3. The highest BCUT2D eigenvalue weighted by atomic mass is 16.6. The normalized spacial score (nSPS) is 11.9. The van der Waals surface area contributed by atoms with Crippen molar-refractivity contribution in [1.29, 1.82) is 0 Å². The number of nitrogens with one attached hydrogen (secondary N) is 3. The van der Waals surface area contributed by atoms with Gasteiger partial charge in [-0.25, -0.2) is 14.4 Å². The molecule has 2 aromatic heterocycles. The lowest BCUT2D eigenvalue weighted by molar-refractivity contribution is 0.0502. The number of carbonyl (C=O) groups is 3. The van der Waals surface area contributed by atoms with E-state index in [9.17, 15) is 14.4 Å². The molecule has 4 rings (SSSR count). The van der Waals surface area contributed by atoms with Gasteiger partial charge in [0.2, 0.25) is 0 Å². The van der Waals surface area contributed by atoms with Crippen LogP contribution in [-0.2, 0) is 27.1 Å². The molecule has 0 saturated heterocycles. The molecule has 2 atom stereocenters. The molecule has 0 bridgehead atoms. The van der Waals surface area contributed by atoms with Gasteiger partial charge in [0.15, 0.2) is 0 Å². The Balaban J connectivity index is 0.000000340. The number of fused-ring (bicyclic) bond motifs is 2. The summed E-state index contributed by atoms with van der Waals surface area (Å²) in [5, 5.41) is 10.1. The van der Waals surface area contributed by atoms with E-state index in [2.05, 4.69) is 29.1 Å². The maximum Gasteiger partial charge on any atom is 0.407 e. The van der Waals surface area contributed by atoms with Crippen molar-refractivity contribution in [2.75, 3.05) is 26.3 Å². The van der Waals surface area contributed by atoms with E-state index in [1.807, 2.05) is 48.5 Å². The zero-order valence-electron chi connectivity index (χ0n) is 27.1. The van der Waals surface area contributed by atoms with Crippen molar-refractivity contribution < 1.29 is 37.4 Å². The van der Waals surface area contributed by atoms with Crippen LogP contribution in [0.25, 0.3) is 21.9 Å². The van der Waals surface area contributed by atoms with Crippen LogP contribution < -0.4 is 21.7 Å². The smallest absolute Gasteiger partial charge is 0.407 e. The van der Waals surface area contributed by atoms with Crippen molar-refractivity contribution >= 4 is 40.2 Å². The Hall–Kier alpha value is -5.23. The fourth-order valence-electron chi connectivity index (χ4n) is 4.44. The highest BCUT2D eigenvalue weighted by molar-refractivity contribution is 5.81. The molecule has 0 aliphatic rings. The van der Waals surface area contributed by atoms with Gasteiger partial charge in [0.05, 0.1) is 18.6 Å². The first-order valence-corrected chi connectivity index (χ1v) is 15.2. The first-order valence-electron chi connectivity index (χ1n) is 15.2. The van der Waals surface area contributed by atoms with Crippen molar-refractivity contribution in [2.24, 2.45) is 5.73 Å². The van der Waals surface area contributed by atoms with Crippen molar-refractivity contribution in [3.8, 4) is 0 Å². The molecule has 0 aliphatic heterocycles. The summed E-state index contributed by atoms with van der Waals surface area (Å²) in [6.07, 6.45) is 5.81.